The lowest BCUT2D eigenvalue weighted by Gasteiger charge is -2.15. The van der Waals surface area contributed by atoms with Crippen molar-refractivity contribution in [1.82, 2.24) is 24.9 Å². The van der Waals surface area contributed by atoms with Crippen molar-refractivity contribution in [3.8, 4) is 101 Å². The van der Waals surface area contributed by atoms with Crippen LogP contribution in [0.3, 0.4) is 0 Å². The molecule has 0 fully saturated rings. The highest BCUT2D eigenvalue weighted by Crippen LogP contribution is 2.39. The highest BCUT2D eigenvalue weighted by atomic mass is 15.0. The van der Waals surface area contributed by atoms with E-state index < -0.39 is 0 Å². The van der Waals surface area contributed by atoms with Crippen molar-refractivity contribution in [2.45, 2.75) is 0 Å². The molecule has 0 aliphatic rings. The lowest BCUT2D eigenvalue weighted by molar-refractivity contribution is 1.07. The minimum absolute atomic E-state index is 0.612. The van der Waals surface area contributed by atoms with Crippen molar-refractivity contribution in [1.29, 1.82) is 0 Å². The zero-order valence-corrected chi connectivity index (χ0v) is 32.6. The first-order valence-corrected chi connectivity index (χ1v) is 20.0. The van der Waals surface area contributed by atoms with E-state index in [0.717, 1.165) is 78.1 Å². The molecule has 10 aromatic rings. The Morgan fingerprint density at radius 3 is 1.08 bits per heavy atom. The molecule has 0 unspecified atom stereocenters. The molecule has 0 radical (unpaired) electrons. The maximum atomic E-state index is 5.33. The van der Waals surface area contributed by atoms with E-state index >= 15 is 0 Å². The van der Waals surface area contributed by atoms with Crippen LogP contribution in [-0.2, 0) is 0 Å². The van der Waals surface area contributed by atoms with Crippen LogP contribution in [0, 0.1) is 0 Å². The Labute approximate surface area is 349 Å². The van der Waals surface area contributed by atoms with Crippen LogP contribution < -0.4 is 0 Å². The molecule has 0 aliphatic heterocycles. The molecule has 0 bridgehead atoms. The Hall–Kier alpha value is -8.15. The normalized spacial score (nSPS) is 11.0. The summed E-state index contributed by atoms with van der Waals surface area (Å²) in [5.74, 6) is 2.54. The van der Waals surface area contributed by atoms with Gasteiger partial charge in [0.2, 0.25) is 0 Å². The molecule has 282 valence electrons. The minimum atomic E-state index is 0.612. The quantitative estimate of drug-likeness (QED) is 0.146. The van der Waals surface area contributed by atoms with Gasteiger partial charge in [0.1, 0.15) is 0 Å². The first kappa shape index (κ1) is 36.2. The zero-order valence-electron chi connectivity index (χ0n) is 32.6. The molecular formula is C55H37N5. The molecule has 2 aromatic heterocycles. The Morgan fingerprint density at radius 1 is 0.183 bits per heavy atom. The van der Waals surface area contributed by atoms with Crippen LogP contribution in [0.5, 0.6) is 0 Å². The van der Waals surface area contributed by atoms with Gasteiger partial charge in [-0.15, -0.1) is 0 Å². The number of rotatable bonds is 9. The van der Waals surface area contributed by atoms with Gasteiger partial charge in [-0.25, -0.2) is 24.9 Å². The SMILES string of the molecule is c1ccc(-c2cc(-c3cccc(-c4cccc(-c5nc(-c6ccccc6)nc(-c6ccccc6)n5)c4)c3)nc(-c3ccccc3-c3ccccc3-c3ccccc3)n2)cc1. The van der Waals surface area contributed by atoms with E-state index in [9.17, 15) is 0 Å². The van der Waals surface area contributed by atoms with Crippen molar-refractivity contribution < 1.29 is 0 Å². The summed E-state index contributed by atoms with van der Waals surface area (Å²) >= 11 is 0. The van der Waals surface area contributed by atoms with E-state index in [0.29, 0.717) is 23.3 Å². The van der Waals surface area contributed by atoms with Crippen molar-refractivity contribution in [2.75, 3.05) is 0 Å². The molecule has 0 amide bonds. The first-order chi connectivity index (χ1) is 29.7. The number of hydrogen-bond donors (Lipinski definition) is 0. The highest BCUT2D eigenvalue weighted by molar-refractivity contribution is 5.91. The second kappa shape index (κ2) is 16.4. The molecular weight excluding hydrogens is 731 g/mol. The molecule has 60 heavy (non-hydrogen) atoms. The Morgan fingerprint density at radius 2 is 0.533 bits per heavy atom. The maximum absolute atomic E-state index is 5.33. The fraction of sp³-hybridized carbons (Fsp3) is 0. The monoisotopic (exact) mass is 767 g/mol. The summed E-state index contributed by atoms with van der Waals surface area (Å²) in [5, 5.41) is 0. The number of benzene rings is 8. The van der Waals surface area contributed by atoms with Gasteiger partial charge >= 0.3 is 0 Å². The van der Waals surface area contributed by atoms with Gasteiger partial charge in [-0.2, -0.15) is 0 Å². The van der Waals surface area contributed by atoms with Crippen molar-refractivity contribution >= 4 is 0 Å². The van der Waals surface area contributed by atoms with Gasteiger partial charge in [0.05, 0.1) is 11.4 Å². The zero-order chi connectivity index (χ0) is 40.1. The summed E-state index contributed by atoms with van der Waals surface area (Å²) in [6.45, 7) is 0. The first-order valence-electron chi connectivity index (χ1n) is 20.0. The molecule has 0 aliphatic carbocycles. The lowest BCUT2D eigenvalue weighted by Crippen LogP contribution is -2.00. The predicted molar refractivity (Wildman–Crippen MR) is 244 cm³/mol. The van der Waals surface area contributed by atoms with Crippen LogP contribution in [0.4, 0.5) is 0 Å². The highest BCUT2D eigenvalue weighted by Gasteiger charge is 2.18. The van der Waals surface area contributed by atoms with Gasteiger partial charge in [0.15, 0.2) is 23.3 Å². The van der Waals surface area contributed by atoms with Crippen molar-refractivity contribution in [3.63, 3.8) is 0 Å². The fourth-order valence-corrected chi connectivity index (χ4v) is 7.61. The molecule has 5 heteroatoms. The van der Waals surface area contributed by atoms with E-state index in [-0.39, 0.29) is 0 Å². The van der Waals surface area contributed by atoms with Crippen LogP contribution in [0.15, 0.2) is 224 Å². The van der Waals surface area contributed by atoms with Crippen LogP contribution in [-0.4, -0.2) is 24.9 Å². The third-order valence-electron chi connectivity index (χ3n) is 10.6. The van der Waals surface area contributed by atoms with Gasteiger partial charge in [-0.05, 0) is 51.6 Å². The summed E-state index contributed by atoms with van der Waals surface area (Å²) in [6, 6.07) is 77.0. The van der Waals surface area contributed by atoms with Crippen LogP contribution in [0.25, 0.3) is 101 Å². The van der Waals surface area contributed by atoms with E-state index in [2.05, 4.69) is 146 Å². The lowest BCUT2D eigenvalue weighted by atomic mass is 9.91. The molecule has 5 nitrogen and oxygen atoms in total. The van der Waals surface area contributed by atoms with Gasteiger partial charge in [0, 0.05) is 33.4 Å². The average Bonchev–Trinajstić information content (AvgIpc) is 3.35. The second-order valence-corrected chi connectivity index (χ2v) is 14.5. The Balaban J connectivity index is 1.07. The number of nitrogens with zero attached hydrogens (tertiary/aromatic N) is 5. The summed E-state index contributed by atoms with van der Waals surface area (Å²) < 4.78 is 0. The van der Waals surface area contributed by atoms with E-state index in [4.69, 9.17) is 24.9 Å². The maximum Gasteiger partial charge on any atom is 0.164 e. The summed E-state index contributed by atoms with van der Waals surface area (Å²) in [7, 11) is 0. The molecule has 0 spiro atoms. The van der Waals surface area contributed by atoms with Crippen LogP contribution in [0.2, 0.25) is 0 Å². The molecule has 0 atom stereocenters. The number of hydrogen-bond acceptors (Lipinski definition) is 5. The minimum Gasteiger partial charge on any atom is -0.228 e. The molecule has 0 saturated heterocycles. The molecule has 8 aromatic carbocycles. The van der Waals surface area contributed by atoms with Crippen LogP contribution >= 0.6 is 0 Å². The number of aromatic nitrogens is 5. The molecule has 0 N–H and O–H groups in total. The van der Waals surface area contributed by atoms with E-state index in [1.807, 2.05) is 78.9 Å². The summed E-state index contributed by atoms with van der Waals surface area (Å²) in [6.07, 6.45) is 0. The van der Waals surface area contributed by atoms with E-state index in [1.165, 1.54) is 0 Å². The smallest absolute Gasteiger partial charge is 0.164 e. The van der Waals surface area contributed by atoms with Gasteiger partial charge in [0.25, 0.3) is 0 Å². The topological polar surface area (TPSA) is 64.5 Å². The van der Waals surface area contributed by atoms with Gasteiger partial charge in [-0.3, -0.25) is 0 Å². The fourth-order valence-electron chi connectivity index (χ4n) is 7.61. The predicted octanol–water partition coefficient (Wildman–Crippen LogP) is 13.7. The Bertz CT molecular complexity index is 3020. The molecule has 0 saturated carbocycles. The van der Waals surface area contributed by atoms with Crippen molar-refractivity contribution in [2.24, 2.45) is 0 Å². The summed E-state index contributed by atoms with van der Waals surface area (Å²) in [4.78, 5) is 25.4. The van der Waals surface area contributed by atoms with E-state index in [1.54, 1.807) is 0 Å². The Kier molecular flexibility index (Phi) is 9.88. The van der Waals surface area contributed by atoms with Gasteiger partial charge < -0.3 is 0 Å². The average molecular weight is 768 g/mol. The van der Waals surface area contributed by atoms with Crippen molar-refractivity contribution in [3.05, 3.63) is 224 Å². The summed E-state index contributed by atoms with van der Waals surface area (Å²) in [5.41, 5.74) is 14.0. The third kappa shape index (κ3) is 7.51. The molecule has 2 heterocycles. The second-order valence-electron chi connectivity index (χ2n) is 14.5. The standard InChI is InChI=1S/C55H37N5/c1-5-19-38(20-6-1)46-31-13-14-32-47(46)48-33-15-16-34-49(48)55-56-50(39-21-7-2-8-22-39)37-51(57-55)44-29-17-27-42(35-44)43-28-18-30-45(36-43)54-59-52(40-23-9-3-10-24-40)58-53(60-54)41-25-11-4-12-26-41/h1-37H. The third-order valence-corrected chi connectivity index (χ3v) is 10.6. The largest absolute Gasteiger partial charge is 0.228 e. The molecule has 10 rings (SSSR count). The van der Waals surface area contributed by atoms with Crippen LogP contribution in [0.1, 0.15) is 0 Å². The van der Waals surface area contributed by atoms with Gasteiger partial charge in [-0.1, -0.05) is 206 Å².